The molecule has 1 N–H and O–H groups in total. The predicted octanol–water partition coefficient (Wildman–Crippen LogP) is 2.08. The van der Waals surface area contributed by atoms with E-state index in [-0.39, 0.29) is 0 Å². The lowest BCUT2D eigenvalue weighted by Gasteiger charge is -2.18. The minimum absolute atomic E-state index is 0.520. The van der Waals surface area contributed by atoms with Crippen LogP contribution in [0.15, 0.2) is 24.3 Å². The van der Waals surface area contributed by atoms with Gasteiger partial charge in [-0.05, 0) is 19.1 Å². The van der Waals surface area contributed by atoms with Gasteiger partial charge in [0.05, 0.1) is 12.6 Å². The van der Waals surface area contributed by atoms with E-state index >= 15 is 0 Å². The first kappa shape index (κ1) is 15.9. The van der Waals surface area contributed by atoms with Crippen molar-refractivity contribution in [2.75, 3.05) is 11.9 Å². The molecule has 0 aliphatic carbocycles. The number of likely N-dealkylation sites (tertiary alicyclic amines) is 1. The van der Waals surface area contributed by atoms with Gasteiger partial charge in [0.2, 0.25) is 11.8 Å². The Kier molecular flexibility index (Phi) is 4.40. The highest BCUT2D eigenvalue weighted by Crippen LogP contribution is 2.32. The SMILES string of the molecule is Cc1ccc(NC(=O)CC(=O)N2CC(F)(F)CC2C#N)cc1. The number of nitriles is 1. The number of halogens is 2. The number of nitrogens with zero attached hydrogens (tertiary/aromatic N) is 2. The van der Waals surface area contributed by atoms with Gasteiger partial charge in [0.25, 0.3) is 5.92 Å². The Morgan fingerprint density at radius 2 is 2.05 bits per heavy atom. The van der Waals surface area contributed by atoms with Gasteiger partial charge in [0.1, 0.15) is 12.5 Å². The van der Waals surface area contributed by atoms with E-state index in [1.54, 1.807) is 30.3 Å². The quantitative estimate of drug-likeness (QED) is 0.869. The van der Waals surface area contributed by atoms with Gasteiger partial charge in [-0.25, -0.2) is 8.78 Å². The maximum absolute atomic E-state index is 13.3. The molecule has 7 heteroatoms. The first-order valence-electron chi connectivity index (χ1n) is 6.74. The van der Waals surface area contributed by atoms with Crippen molar-refractivity contribution in [3.8, 4) is 6.07 Å². The van der Waals surface area contributed by atoms with Gasteiger partial charge < -0.3 is 10.2 Å². The predicted molar refractivity (Wildman–Crippen MR) is 75.1 cm³/mol. The maximum atomic E-state index is 13.3. The zero-order valence-corrected chi connectivity index (χ0v) is 12.0. The molecule has 1 aromatic rings. The van der Waals surface area contributed by atoms with Gasteiger partial charge in [0.15, 0.2) is 0 Å². The maximum Gasteiger partial charge on any atom is 0.268 e. The summed E-state index contributed by atoms with van der Waals surface area (Å²) in [5.41, 5.74) is 1.54. The van der Waals surface area contributed by atoms with Crippen LogP contribution in [0.25, 0.3) is 0 Å². The third-order valence-electron chi connectivity index (χ3n) is 3.39. The van der Waals surface area contributed by atoms with Crippen LogP contribution in [0.5, 0.6) is 0 Å². The normalized spacial score (nSPS) is 19.5. The molecule has 22 heavy (non-hydrogen) atoms. The minimum Gasteiger partial charge on any atom is -0.326 e. The van der Waals surface area contributed by atoms with E-state index in [1.807, 2.05) is 6.92 Å². The molecule has 0 aromatic heterocycles. The van der Waals surface area contributed by atoms with Crippen molar-refractivity contribution >= 4 is 17.5 Å². The van der Waals surface area contributed by atoms with Crippen LogP contribution in [-0.2, 0) is 9.59 Å². The van der Waals surface area contributed by atoms with Gasteiger partial charge in [-0.3, -0.25) is 9.59 Å². The number of carbonyl (C=O) groups is 2. The molecule has 1 heterocycles. The zero-order valence-electron chi connectivity index (χ0n) is 12.0. The average molecular weight is 307 g/mol. The Bertz CT molecular complexity index is 623. The Hall–Kier alpha value is -2.49. The molecule has 1 aliphatic rings. The summed E-state index contributed by atoms with van der Waals surface area (Å²) in [4.78, 5) is 24.5. The van der Waals surface area contributed by atoms with Crippen molar-refractivity contribution in [1.82, 2.24) is 4.90 Å². The molecule has 5 nitrogen and oxygen atoms in total. The molecule has 1 aliphatic heterocycles. The number of rotatable bonds is 3. The number of anilines is 1. The second kappa shape index (κ2) is 6.10. The monoisotopic (exact) mass is 307 g/mol. The molecule has 2 rings (SSSR count). The molecule has 1 aromatic carbocycles. The Balaban J connectivity index is 1.95. The van der Waals surface area contributed by atoms with E-state index in [0.717, 1.165) is 10.5 Å². The van der Waals surface area contributed by atoms with Crippen molar-refractivity contribution in [2.45, 2.75) is 31.7 Å². The fourth-order valence-corrected chi connectivity index (χ4v) is 2.28. The number of aryl methyl sites for hydroxylation is 1. The zero-order chi connectivity index (χ0) is 16.3. The van der Waals surface area contributed by atoms with Crippen LogP contribution in [-0.4, -0.2) is 35.2 Å². The van der Waals surface area contributed by atoms with Crippen LogP contribution >= 0.6 is 0 Å². The summed E-state index contributed by atoms with van der Waals surface area (Å²) >= 11 is 0. The van der Waals surface area contributed by atoms with Crippen LogP contribution in [0.1, 0.15) is 18.4 Å². The number of amides is 2. The van der Waals surface area contributed by atoms with Crippen LogP contribution in [0.4, 0.5) is 14.5 Å². The molecule has 1 fully saturated rings. The summed E-state index contributed by atoms with van der Waals surface area (Å²) in [6, 6.07) is 7.44. The van der Waals surface area contributed by atoms with Crippen LogP contribution in [0.3, 0.4) is 0 Å². The van der Waals surface area contributed by atoms with Crippen molar-refractivity contribution in [3.63, 3.8) is 0 Å². The molecule has 0 spiro atoms. The largest absolute Gasteiger partial charge is 0.326 e. The number of hydrogen-bond acceptors (Lipinski definition) is 3. The number of alkyl halides is 2. The number of benzene rings is 1. The standard InChI is InChI=1S/C15H15F2N3O2/c1-10-2-4-11(5-3-10)19-13(21)6-14(22)20-9-15(16,17)7-12(20)8-18/h2-5,12H,6-7,9H2,1H3,(H,19,21). The summed E-state index contributed by atoms with van der Waals surface area (Å²) < 4.78 is 26.5. The fourth-order valence-electron chi connectivity index (χ4n) is 2.28. The lowest BCUT2D eigenvalue weighted by Crippen LogP contribution is -2.37. The number of nitrogens with one attached hydrogen (secondary N) is 1. The third-order valence-corrected chi connectivity index (χ3v) is 3.39. The summed E-state index contributed by atoms with van der Waals surface area (Å²) in [7, 11) is 0. The molecule has 116 valence electrons. The van der Waals surface area contributed by atoms with Crippen molar-refractivity contribution in [3.05, 3.63) is 29.8 Å². The highest BCUT2D eigenvalue weighted by molar-refractivity contribution is 6.03. The van der Waals surface area contributed by atoms with Gasteiger partial charge in [-0.2, -0.15) is 5.26 Å². The molecule has 0 saturated carbocycles. The Morgan fingerprint density at radius 3 is 2.64 bits per heavy atom. The van der Waals surface area contributed by atoms with E-state index < -0.39 is 43.2 Å². The van der Waals surface area contributed by atoms with E-state index in [4.69, 9.17) is 5.26 Å². The van der Waals surface area contributed by atoms with E-state index in [0.29, 0.717) is 5.69 Å². The van der Waals surface area contributed by atoms with Crippen LogP contribution < -0.4 is 5.32 Å². The second-order valence-electron chi connectivity index (χ2n) is 5.32. The third kappa shape index (κ3) is 3.79. The fraction of sp³-hybridized carbons (Fsp3) is 0.400. The summed E-state index contributed by atoms with van der Waals surface area (Å²) in [6.45, 7) is 1.08. The van der Waals surface area contributed by atoms with Crippen LogP contribution in [0, 0.1) is 18.3 Å². The minimum atomic E-state index is -3.08. The van der Waals surface area contributed by atoms with Crippen molar-refractivity contribution in [1.29, 1.82) is 5.26 Å². The average Bonchev–Trinajstić information content (AvgIpc) is 2.76. The molecular weight excluding hydrogens is 292 g/mol. The van der Waals surface area contributed by atoms with Gasteiger partial charge in [-0.15, -0.1) is 0 Å². The molecule has 0 radical (unpaired) electrons. The lowest BCUT2D eigenvalue weighted by molar-refractivity contribution is -0.135. The second-order valence-corrected chi connectivity index (χ2v) is 5.32. The Morgan fingerprint density at radius 1 is 1.41 bits per heavy atom. The summed E-state index contributed by atoms with van der Waals surface area (Å²) in [6.07, 6.45) is -1.25. The van der Waals surface area contributed by atoms with E-state index in [1.165, 1.54) is 0 Å². The smallest absolute Gasteiger partial charge is 0.268 e. The molecule has 2 amide bonds. The molecule has 0 bridgehead atoms. The Labute approximate surface area is 126 Å². The van der Waals surface area contributed by atoms with E-state index in [2.05, 4.69) is 5.32 Å². The highest BCUT2D eigenvalue weighted by Gasteiger charge is 2.47. The molecular formula is C15H15F2N3O2. The molecule has 1 unspecified atom stereocenters. The van der Waals surface area contributed by atoms with Crippen molar-refractivity contribution in [2.24, 2.45) is 0 Å². The van der Waals surface area contributed by atoms with Crippen LogP contribution in [0.2, 0.25) is 0 Å². The van der Waals surface area contributed by atoms with Gasteiger partial charge in [-0.1, -0.05) is 17.7 Å². The first-order valence-corrected chi connectivity index (χ1v) is 6.74. The molecule has 1 saturated heterocycles. The summed E-state index contributed by atoms with van der Waals surface area (Å²) in [5, 5.41) is 11.4. The van der Waals surface area contributed by atoms with E-state index in [9.17, 15) is 18.4 Å². The van der Waals surface area contributed by atoms with Crippen molar-refractivity contribution < 1.29 is 18.4 Å². The number of carbonyl (C=O) groups excluding carboxylic acids is 2. The lowest BCUT2D eigenvalue weighted by atomic mass is 10.2. The first-order chi connectivity index (χ1) is 10.3. The topological polar surface area (TPSA) is 73.2 Å². The molecule has 1 atom stereocenters. The highest BCUT2D eigenvalue weighted by atomic mass is 19.3. The van der Waals surface area contributed by atoms with Gasteiger partial charge >= 0.3 is 0 Å². The van der Waals surface area contributed by atoms with Gasteiger partial charge in [0, 0.05) is 12.1 Å². The summed E-state index contributed by atoms with van der Waals surface area (Å²) in [5.74, 6) is -4.45. The number of hydrogen-bond donors (Lipinski definition) is 1.